The fraction of sp³-hybridized carbons (Fsp3) is 0.400. The highest BCUT2D eigenvalue weighted by Gasteiger charge is 2.09. The average Bonchev–Trinajstić information content (AvgIpc) is 2.46. The monoisotopic (exact) mass is 281 g/mol. The molecule has 2 aromatic carbocycles. The van der Waals surface area contributed by atoms with E-state index < -0.39 is 0 Å². The second-order valence-electron chi connectivity index (χ2n) is 6.44. The van der Waals surface area contributed by atoms with Gasteiger partial charge in [-0.05, 0) is 47.1 Å². The Morgan fingerprint density at radius 3 is 2.24 bits per heavy atom. The van der Waals surface area contributed by atoms with Crippen LogP contribution in [0, 0.1) is 6.92 Å². The van der Waals surface area contributed by atoms with Gasteiger partial charge in [0.2, 0.25) is 0 Å². The number of rotatable bonds is 5. The highest BCUT2D eigenvalue weighted by molar-refractivity contribution is 5.55. The van der Waals surface area contributed by atoms with Gasteiger partial charge in [0, 0.05) is 12.2 Å². The van der Waals surface area contributed by atoms with Gasteiger partial charge in [-0.1, -0.05) is 64.1 Å². The standard InChI is InChI=1S/C20H27N/c1-14(2)17-10-11-20(19(12-17)15(3)4)21-13-18-9-7-6-8-16(18)5/h6-12,14-15,21H,13H2,1-5H3. The second kappa shape index (κ2) is 6.80. The molecule has 1 heteroatoms. The molecule has 0 aliphatic heterocycles. The van der Waals surface area contributed by atoms with Gasteiger partial charge in [-0.25, -0.2) is 0 Å². The van der Waals surface area contributed by atoms with Crippen LogP contribution in [0.5, 0.6) is 0 Å². The number of benzene rings is 2. The van der Waals surface area contributed by atoms with Crippen LogP contribution in [0.2, 0.25) is 0 Å². The zero-order valence-corrected chi connectivity index (χ0v) is 13.9. The summed E-state index contributed by atoms with van der Waals surface area (Å²) in [5, 5.41) is 3.62. The molecule has 0 radical (unpaired) electrons. The first-order valence-electron chi connectivity index (χ1n) is 7.91. The van der Waals surface area contributed by atoms with E-state index in [2.05, 4.69) is 82.4 Å². The first-order valence-corrected chi connectivity index (χ1v) is 7.91. The maximum Gasteiger partial charge on any atom is 0.0403 e. The highest BCUT2D eigenvalue weighted by Crippen LogP contribution is 2.28. The van der Waals surface area contributed by atoms with Crippen LogP contribution in [0.25, 0.3) is 0 Å². The second-order valence-corrected chi connectivity index (χ2v) is 6.44. The number of hydrogen-bond donors (Lipinski definition) is 1. The Morgan fingerprint density at radius 2 is 1.62 bits per heavy atom. The Kier molecular flexibility index (Phi) is 5.06. The Balaban J connectivity index is 2.21. The van der Waals surface area contributed by atoms with Crippen LogP contribution >= 0.6 is 0 Å². The molecule has 0 spiro atoms. The van der Waals surface area contributed by atoms with E-state index in [-0.39, 0.29) is 0 Å². The van der Waals surface area contributed by atoms with Gasteiger partial charge in [0.1, 0.15) is 0 Å². The summed E-state index contributed by atoms with van der Waals surface area (Å²) in [4.78, 5) is 0. The zero-order chi connectivity index (χ0) is 15.4. The van der Waals surface area contributed by atoms with Crippen LogP contribution < -0.4 is 5.32 Å². The topological polar surface area (TPSA) is 12.0 Å². The van der Waals surface area contributed by atoms with E-state index in [1.54, 1.807) is 0 Å². The van der Waals surface area contributed by atoms with Crippen LogP contribution in [-0.4, -0.2) is 0 Å². The number of anilines is 1. The molecule has 2 rings (SSSR count). The highest BCUT2D eigenvalue weighted by atomic mass is 14.9. The molecule has 0 atom stereocenters. The average molecular weight is 281 g/mol. The largest absolute Gasteiger partial charge is 0.381 e. The van der Waals surface area contributed by atoms with E-state index in [0.29, 0.717) is 11.8 Å². The van der Waals surface area contributed by atoms with E-state index in [0.717, 1.165) is 6.54 Å². The lowest BCUT2D eigenvalue weighted by molar-refractivity contribution is 0.833. The Hall–Kier alpha value is -1.76. The smallest absolute Gasteiger partial charge is 0.0403 e. The van der Waals surface area contributed by atoms with Crippen molar-refractivity contribution in [2.24, 2.45) is 0 Å². The van der Waals surface area contributed by atoms with Crippen molar-refractivity contribution in [1.29, 1.82) is 0 Å². The van der Waals surface area contributed by atoms with Gasteiger partial charge in [-0.3, -0.25) is 0 Å². The van der Waals surface area contributed by atoms with Crippen molar-refractivity contribution in [3.05, 3.63) is 64.7 Å². The third kappa shape index (κ3) is 3.87. The molecule has 21 heavy (non-hydrogen) atoms. The molecule has 1 N–H and O–H groups in total. The van der Waals surface area contributed by atoms with Gasteiger partial charge in [0.15, 0.2) is 0 Å². The van der Waals surface area contributed by atoms with Gasteiger partial charge < -0.3 is 5.32 Å². The number of nitrogens with one attached hydrogen (secondary N) is 1. The van der Waals surface area contributed by atoms with Crippen LogP contribution in [0.4, 0.5) is 5.69 Å². The lowest BCUT2D eigenvalue weighted by Crippen LogP contribution is -2.05. The van der Waals surface area contributed by atoms with Crippen molar-refractivity contribution in [3.8, 4) is 0 Å². The van der Waals surface area contributed by atoms with E-state index in [9.17, 15) is 0 Å². The molecule has 0 aliphatic rings. The van der Waals surface area contributed by atoms with Crippen LogP contribution in [-0.2, 0) is 6.54 Å². The summed E-state index contributed by atoms with van der Waals surface area (Å²) in [5.74, 6) is 1.11. The fourth-order valence-corrected chi connectivity index (χ4v) is 2.58. The van der Waals surface area contributed by atoms with Crippen molar-refractivity contribution < 1.29 is 0 Å². The van der Waals surface area contributed by atoms with Crippen molar-refractivity contribution in [2.45, 2.75) is 53.0 Å². The molecule has 0 amide bonds. The molecular weight excluding hydrogens is 254 g/mol. The van der Waals surface area contributed by atoms with E-state index in [4.69, 9.17) is 0 Å². The molecule has 0 heterocycles. The molecule has 112 valence electrons. The predicted octanol–water partition coefficient (Wildman–Crippen LogP) is 5.85. The van der Waals surface area contributed by atoms with Gasteiger partial charge in [-0.15, -0.1) is 0 Å². The minimum absolute atomic E-state index is 0.531. The molecule has 0 saturated heterocycles. The van der Waals surface area contributed by atoms with E-state index in [1.807, 2.05) is 0 Å². The summed E-state index contributed by atoms with van der Waals surface area (Å²) in [6, 6.07) is 15.4. The number of hydrogen-bond acceptors (Lipinski definition) is 1. The van der Waals surface area contributed by atoms with Crippen LogP contribution in [0.1, 0.15) is 61.8 Å². The quantitative estimate of drug-likeness (QED) is 0.724. The van der Waals surface area contributed by atoms with Gasteiger partial charge >= 0.3 is 0 Å². The lowest BCUT2D eigenvalue weighted by atomic mass is 9.94. The molecular formula is C20H27N. The van der Waals surface area contributed by atoms with E-state index in [1.165, 1.54) is 27.9 Å². The Morgan fingerprint density at radius 1 is 0.905 bits per heavy atom. The van der Waals surface area contributed by atoms with Crippen LogP contribution in [0.15, 0.2) is 42.5 Å². The summed E-state index contributed by atoms with van der Waals surface area (Å²) in [6.45, 7) is 12.1. The zero-order valence-electron chi connectivity index (χ0n) is 13.9. The lowest BCUT2D eigenvalue weighted by Gasteiger charge is -2.18. The molecule has 1 nitrogen and oxygen atoms in total. The first kappa shape index (κ1) is 15.6. The first-order chi connectivity index (χ1) is 9.99. The summed E-state index contributed by atoms with van der Waals surface area (Å²) in [7, 11) is 0. The number of aryl methyl sites for hydroxylation is 1. The predicted molar refractivity (Wildman–Crippen MR) is 93.1 cm³/mol. The Bertz CT molecular complexity index is 597. The van der Waals surface area contributed by atoms with Gasteiger partial charge in [0.25, 0.3) is 0 Å². The Labute approximate surface area is 129 Å². The maximum atomic E-state index is 3.62. The molecule has 0 aliphatic carbocycles. The molecule has 2 aromatic rings. The minimum Gasteiger partial charge on any atom is -0.381 e. The SMILES string of the molecule is Cc1ccccc1CNc1ccc(C(C)C)cc1C(C)C. The summed E-state index contributed by atoms with van der Waals surface area (Å²) in [6.07, 6.45) is 0. The molecule has 0 saturated carbocycles. The maximum absolute atomic E-state index is 3.62. The molecule has 0 unspecified atom stereocenters. The van der Waals surface area contributed by atoms with Gasteiger partial charge in [0.05, 0.1) is 0 Å². The fourth-order valence-electron chi connectivity index (χ4n) is 2.58. The normalized spacial score (nSPS) is 11.2. The molecule has 0 fully saturated rings. The summed E-state index contributed by atoms with van der Waals surface area (Å²) >= 11 is 0. The summed E-state index contributed by atoms with van der Waals surface area (Å²) in [5.41, 5.74) is 6.79. The molecule has 0 bridgehead atoms. The van der Waals surface area contributed by atoms with Crippen molar-refractivity contribution in [2.75, 3.05) is 5.32 Å². The van der Waals surface area contributed by atoms with Crippen molar-refractivity contribution >= 4 is 5.69 Å². The van der Waals surface area contributed by atoms with Crippen molar-refractivity contribution in [1.82, 2.24) is 0 Å². The summed E-state index contributed by atoms with van der Waals surface area (Å²) < 4.78 is 0. The third-order valence-electron chi connectivity index (χ3n) is 4.09. The van der Waals surface area contributed by atoms with Crippen LogP contribution in [0.3, 0.4) is 0 Å². The van der Waals surface area contributed by atoms with Crippen molar-refractivity contribution in [3.63, 3.8) is 0 Å². The third-order valence-corrected chi connectivity index (χ3v) is 4.09. The molecule has 0 aromatic heterocycles. The minimum atomic E-state index is 0.531. The van der Waals surface area contributed by atoms with Gasteiger partial charge in [-0.2, -0.15) is 0 Å². The van der Waals surface area contributed by atoms with E-state index >= 15 is 0 Å².